The number of allylic oxidation sites excluding steroid dienone is 1. The van der Waals surface area contributed by atoms with Crippen molar-refractivity contribution in [2.45, 2.75) is 19.9 Å². The van der Waals surface area contributed by atoms with Crippen LogP contribution in [0.25, 0.3) is 0 Å². The maximum absolute atomic E-state index is 12.1. The molecule has 2 rings (SSSR count). The summed E-state index contributed by atoms with van der Waals surface area (Å²) in [5, 5.41) is 0. The predicted molar refractivity (Wildman–Crippen MR) is 71.4 cm³/mol. The number of hydrogen-bond acceptors (Lipinski definition) is 3. The van der Waals surface area contributed by atoms with Crippen molar-refractivity contribution in [3.63, 3.8) is 0 Å². The molecule has 100 valence electrons. The van der Waals surface area contributed by atoms with E-state index in [1.807, 2.05) is 44.2 Å². The second-order valence-electron chi connectivity index (χ2n) is 4.81. The largest absolute Gasteiger partial charge is 0.446 e. The lowest BCUT2D eigenvalue weighted by molar-refractivity contribution is -0.124. The Morgan fingerprint density at radius 1 is 1.37 bits per heavy atom. The molecule has 1 aliphatic rings. The van der Waals surface area contributed by atoms with E-state index >= 15 is 0 Å². The number of cyclic esters (lactones) is 1. The molecule has 0 unspecified atom stereocenters. The molecule has 4 heteroatoms. The van der Waals surface area contributed by atoms with Gasteiger partial charge in [-0.15, -0.1) is 0 Å². The van der Waals surface area contributed by atoms with Crippen molar-refractivity contribution in [1.29, 1.82) is 0 Å². The number of carbonyl (C=O) groups excluding carboxylic acids is 2. The van der Waals surface area contributed by atoms with Gasteiger partial charge < -0.3 is 4.74 Å². The Labute approximate surface area is 112 Å². The second-order valence-corrected chi connectivity index (χ2v) is 4.81. The second kappa shape index (κ2) is 5.69. The van der Waals surface area contributed by atoms with E-state index in [0.717, 1.165) is 5.56 Å². The molecule has 1 atom stereocenters. The first-order chi connectivity index (χ1) is 9.09. The van der Waals surface area contributed by atoms with Crippen LogP contribution in [-0.4, -0.2) is 23.5 Å². The first kappa shape index (κ1) is 13.3. The number of rotatable bonds is 3. The molecule has 0 aliphatic carbocycles. The van der Waals surface area contributed by atoms with Gasteiger partial charge >= 0.3 is 6.09 Å². The van der Waals surface area contributed by atoms with Gasteiger partial charge in [-0.3, -0.25) is 4.79 Å². The summed E-state index contributed by atoms with van der Waals surface area (Å²) in [5.74, 6) is -0.0669. The van der Waals surface area contributed by atoms with Crippen molar-refractivity contribution in [3.05, 3.63) is 48.0 Å². The molecule has 2 amide bonds. The Hall–Kier alpha value is -2.10. The lowest BCUT2D eigenvalue weighted by Gasteiger charge is -2.18. The zero-order valence-electron chi connectivity index (χ0n) is 11.1. The minimum Gasteiger partial charge on any atom is -0.446 e. The maximum atomic E-state index is 12.1. The number of hydrogen-bond donors (Lipinski definition) is 0. The van der Waals surface area contributed by atoms with Crippen molar-refractivity contribution in [2.75, 3.05) is 6.61 Å². The number of carbonyl (C=O) groups is 2. The molecule has 0 radical (unpaired) electrons. The zero-order valence-corrected chi connectivity index (χ0v) is 11.1. The van der Waals surface area contributed by atoms with E-state index in [9.17, 15) is 9.59 Å². The topological polar surface area (TPSA) is 46.6 Å². The van der Waals surface area contributed by atoms with E-state index < -0.39 is 6.09 Å². The minimum atomic E-state index is -0.577. The fraction of sp³-hybridized carbons (Fsp3) is 0.333. The summed E-state index contributed by atoms with van der Waals surface area (Å²) < 4.78 is 4.99. The van der Waals surface area contributed by atoms with Crippen molar-refractivity contribution in [2.24, 2.45) is 5.92 Å². The van der Waals surface area contributed by atoms with Gasteiger partial charge in [0.05, 0.1) is 0 Å². The Balaban J connectivity index is 2.21. The van der Waals surface area contributed by atoms with Crippen molar-refractivity contribution < 1.29 is 14.3 Å². The van der Waals surface area contributed by atoms with Crippen molar-refractivity contribution in [1.82, 2.24) is 4.90 Å². The third kappa shape index (κ3) is 3.02. The molecule has 1 saturated heterocycles. The highest BCUT2D eigenvalue weighted by molar-refractivity contribution is 5.99. The number of amides is 2. The molecule has 1 aromatic carbocycles. The minimum absolute atomic E-state index is 0.212. The molecule has 4 nitrogen and oxygen atoms in total. The normalized spacial score (nSPS) is 19.2. The van der Waals surface area contributed by atoms with Gasteiger partial charge in [0.25, 0.3) is 5.91 Å². The van der Waals surface area contributed by atoms with E-state index in [1.54, 1.807) is 6.08 Å². The van der Waals surface area contributed by atoms with E-state index in [4.69, 9.17) is 4.74 Å². The first-order valence-electron chi connectivity index (χ1n) is 6.32. The predicted octanol–water partition coefficient (Wildman–Crippen LogP) is 2.92. The van der Waals surface area contributed by atoms with Gasteiger partial charge in [-0.25, -0.2) is 9.69 Å². The summed E-state index contributed by atoms with van der Waals surface area (Å²) >= 11 is 0. The molecule has 0 bridgehead atoms. The van der Waals surface area contributed by atoms with E-state index in [1.165, 1.54) is 11.0 Å². The molecular formula is C15H17NO3. The molecule has 1 fully saturated rings. The van der Waals surface area contributed by atoms with Gasteiger partial charge in [-0.1, -0.05) is 50.3 Å². The molecule has 0 spiro atoms. The molecule has 0 saturated carbocycles. The summed E-state index contributed by atoms with van der Waals surface area (Å²) in [4.78, 5) is 25.0. The fourth-order valence-corrected chi connectivity index (χ4v) is 1.94. The highest BCUT2D eigenvalue weighted by Crippen LogP contribution is 2.27. The van der Waals surface area contributed by atoms with Gasteiger partial charge in [-0.05, 0) is 17.6 Å². The van der Waals surface area contributed by atoms with Crippen LogP contribution in [0.2, 0.25) is 0 Å². The monoisotopic (exact) mass is 259 g/mol. The Kier molecular flexibility index (Phi) is 4.00. The summed E-state index contributed by atoms with van der Waals surface area (Å²) in [5.41, 5.74) is 0.902. The van der Waals surface area contributed by atoms with E-state index in [0.29, 0.717) is 0 Å². The number of imide groups is 1. The average Bonchev–Trinajstić information content (AvgIpc) is 2.79. The number of ether oxygens (including phenoxy) is 1. The maximum Gasteiger partial charge on any atom is 0.417 e. The van der Waals surface area contributed by atoms with Gasteiger partial charge in [0, 0.05) is 0 Å². The molecule has 1 aliphatic heterocycles. The van der Waals surface area contributed by atoms with Crippen LogP contribution >= 0.6 is 0 Å². The van der Waals surface area contributed by atoms with Crippen LogP contribution in [0.5, 0.6) is 0 Å². The highest BCUT2D eigenvalue weighted by atomic mass is 16.6. The molecule has 0 N–H and O–H groups in total. The van der Waals surface area contributed by atoms with Gasteiger partial charge in [0.15, 0.2) is 0 Å². The Morgan fingerprint density at radius 2 is 2.05 bits per heavy atom. The molecule has 1 aromatic rings. The van der Waals surface area contributed by atoms with Crippen LogP contribution in [0.4, 0.5) is 4.79 Å². The quantitative estimate of drug-likeness (QED) is 0.784. The Morgan fingerprint density at radius 3 is 2.68 bits per heavy atom. The summed E-state index contributed by atoms with van der Waals surface area (Å²) in [6.07, 6.45) is 2.63. The average molecular weight is 259 g/mol. The SMILES string of the molecule is CC(C)/C=C/C(=O)N1C(=O)OC[C@H]1c1ccccc1. The van der Waals surface area contributed by atoms with Crippen molar-refractivity contribution in [3.8, 4) is 0 Å². The first-order valence-corrected chi connectivity index (χ1v) is 6.32. The third-order valence-electron chi connectivity index (χ3n) is 2.92. The van der Waals surface area contributed by atoms with Crippen LogP contribution < -0.4 is 0 Å². The van der Waals surface area contributed by atoms with Crippen LogP contribution in [-0.2, 0) is 9.53 Å². The summed E-state index contributed by atoms with van der Waals surface area (Å²) in [6.45, 7) is 4.16. The number of benzene rings is 1. The highest BCUT2D eigenvalue weighted by Gasteiger charge is 2.37. The molecule has 0 aromatic heterocycles. The third-order valence-corrected chi connectivity index (χ3v) is 2.92. The van der Waals surface area contributed by atoms with Gasteiger partial charge in [0.1, 0.15) is 12.6 Å². The molecule has 19 heavy (non-hydrogen) atoms. The molecular weight excluding hydrogens is 242 g/mol. The van der Waals surface area contributed by atoms with Gasteiger partial charge in [0.2, 0.25) is 0 Å². The standard InChI is InChI=1S/C15H17NO3/c1-11(2)8-9-14(17)16-13(10-19-15(16)18)12-6-4-3-5-7-12/h3-9,11,13H,10H2,1-2H3/b9-8+/t13-/m0/s1. The summed E-state index contributed by atoms with van der Waals surface area (Å²) in [6, 6.07) is 9.09. The number of nitrogens with zero attached hydrogens (tertiary/aromatic N) is 1. The van der Waals surface area contributed by atoms with E-state index in [2.05, 4.69) is 0 Å². The molecule has 1 heterocycles. The fourth-order valence-electron chi connectivity index (χ4n) is 1.94. The lowest BCUT2D eigenvalue weighted by Crippen LogP contribution is -2.32. The van der Waals surface area contributed by atoms with Crippen LogP contribution in [0, 0.1) is 5.92 Å². The van der Waals surface area contributed by atoms with Crippen LogP contribution in [0.1, 0.15) is 25.5 Å². The van der Waals surface area contributed by atoms with E-state index in [-0.39, 0.29) is 24.5 Å². The van der Waals surface area contributed by atoms with Crippen molar-refractivity contribution >= 4 is 12.0 Å². The summed E-state index contributed by atoms with van der Waals surface area (Å²) in [7, 11) is 0. The zero-order chi connectivity index (χ0) is 13.8. The Bertz CT molecular complexity index is 493. The van der Waals surface area contributed by atoms with Crippen LogP contribution in [0.15, 0.2) is 42.5 Å². The smallest absolute Gasteiger partial charge is 0.417 e. The van der Waals surface area contributed by atoms with Crippen LogP contribution in [0.3, 0.4) is 0 Å². The lowest BCUT2D eigenvalue weighted by atomic mass is 10.1. The van der Waals surface area contributed by atoms with Gasteiger partial charge in [-0.2, -0.15) is 0 Å².